The highest BCUT2D eigenvalue weighted by Gasteiger charge is 2.34. The van der Waals surface area contributed by atoms with Gasteiger partial charge in [-0.25, -0.2) is 0 Å². The summed E-state index contributed by atoms with van der Waals surface area (Å²) in [4.78, 5) is 7.23. The summed E-state index contributed by atoms with van der Waals surface area (Å²) in [7, 11) is 1.98. The molecule has 0 saturated carbocycles. The lowest BCUT2D eigenvalue weighted by molar-refractivity contribution is -0.0945. The fourth-order valence-electron chi connectivity index (χ4n) is 3.11. The lowest BCUT2D eigenvalue weighted by Gasteiger charge is -2.37. The molecule has 2 saturated heterocycles. The first-order valence-electron chi connectivity index (χ1n) is 8.19. The van der Waals surface area contributed by atoms with Gasteiger partial charge in [-0.15, -0.1) is 0 Å². The van der Waals surface area contributed by atoms with Crippen LogP contribution in [0.4, 0.5) is 0 Å². The van der Waals surface area contributed by atoms with E-state index in [1.165, 1.54) is 5.56 Å². The average Bonchev–Trinajstić information content (AvgIpc) is 3.10. The Labute approximate surface area is 132 Å². The molecule has 2 aliphatic heterocycles. The van der Waals surface area contributed by atoms with Gasteiger partial charge in [0.05, 0.1) is 26.0 Å². The zero-order chi connectivity index (χ0) is 15.6. The molecule has 2 fully saturated rings. The third-order valence-electron chi connectivity index (χ3n) is 4.53. The van der Waals surface area contributed by atoms with Gasteiger partial charge in [0.15, 0.2) is 5.96 Å². The number of nitrogens with one attached hydrogen (secondary N) is 1. The van der Waals surface area contributed by atoms with Crippen molar-refractivity contribution in [2.45, 2.75) is 26.2 Å². The van der Waals surface area contributed by atoms with E-state index in [1.807, 2.05) is 17.9 Å². The maximum atomic E-state index is 5.32. The summed E-state index contributed by atoms with van der Waals surface area (Å²) in [6.45, 7) is 9.83. The fraction of sp³-hybridized carbons (Fsp3) is 0.750. The molecule has 2 aliphatic rings. The number of aromatic nitrogens is 2. The second kappa shape index (κ2) is 6.28. The molecule has 3 rings (SSSR count). The molecule has 6 nitrogen and oxygen atoms in total. The molecule has 1 unspecified atom stereocenters. The average molecular weight is 305 g/mol. The summed E-state index contributed by atoms with van der Waals surface area (Å²) in [6, 6.07) is 0. The van der Waals surface area contributed by atoms with Crippen molar-refractivity contribution >= 4 is 5.96 Å². The highest BCUT2D eigenvalue weighted by atomic mass is 16.5. The molecule has 0 spiro atoms. The van der Waals surface area contributed by atoms with E-state index in [0.717, 1.165) is 51.8 Å². The van der Waals surface area contributed by atoms with E-state index in [0.29, 0.717) is 5.92 Å². The molecule has 0 radical (unpaired) electrons. The van der Waals surface area contributed by atoms with Crippen molar-refractivity contribution in [3.05, 3.63) is 18.0 Å². The fourth-order valence-corrected chi connectivity index (χ4v) is 3.11. The highest BCUT2D eigenvalue weighted by molar-refractivity contribution is 5.80. The van der Waals surface area contributed by atoms with E-state index in [4.69, 9.17) is 9.73 Å². The van der Waals surface area contributed by atoms with Crippen molar-refractivity contribution in [2.75, 3.05) is 39.4 Å². The largest absolute Gasteiger partial charge is 0.380 e. The van der Waals surface area contributed by atoms with E-state index in [9.17, 15) is 0 Å². The van der Waals surface area contributed by atoms with Gasteiger partial charge < -0.3 is 15.0 Å². The zero-order valence-electron chi connectivity index (χ0n) is 13.9. The smallest absolute Gasteiger partial charge is 0.193 e. The SMILES string of the molecule is CCNC(=NCC1(C)COC1)N1CCC(c2cnn(C)c2)C1. The molecule has 1 atom stereocenters. The Kier molecular flexibility index (Phi) is 4.38. The third-order valence-corrected chi connectivity index (χ3v) is 4.53. The second-order valence-corrected chi connectivity index (χ2v) is 6.85. The molecular formula is C16H27N5O. The van der Waals surface area contributed by atoms with Crippen LogP contribution >= 0.6 is 0 Å². The van der Waals surface area contributed by atoms with Crippen molar-refractivity contribution < 1.29 is 4.74 Å². The molecule has 0 bridgehead atoms. The van der Waals surface area contributed by atoms with Crippen molar-refractivity contribution in [3.8, 4) is 0 Å². The van der Waals surface area contributed by atoms with Crippen LogP contribution < -0.4 is 5.32 Å². The molecule has 122 valence electrons. The third kappa shape index (κ3) is 3.27. The number of nitrogens with zero attached hydrogens (tertiary/aromatic N) is 4. The highest BCUT2D eigenvalue weighted by Crippen LogP contribution is 2.28. The number of hydrogen-bond acceptors (Lipinski definition) is 3. The molecule has 1 aromatic heterocycles. The predicted molar refractivity (Wildman–Crippen MR) is 87.0 cm³/mol. The first kappa shape index (κ1) is 15.3. The monoisotopic (exact) mass is 305 g/mol. The number of guanidine groups is 1. The maximum Gasteiger partial charge on any atom is 0.193 e. The van der Waals surface area contributed by atoms with Gasteiger partial charge in [-0.2, -0.15) is 5.10 Å². The molecule has 3 heterocycles. The van der Waals surface area contributed by atoms with E-state index in [-0.39, 0.29) is 5.41 Å². The van der Waals surface area contributed by atoms with Crippen LogP contribution in [0.3, 0.4) is 0 Å². The predicted octanol–water partition coefficient (Wildman–Crippen LogP) is 1.21. The van der Waals surface area contributed by atoms with Crippen molar-refractivity contribution in [1.29, 1.82) is 0 Å². The Hall–Kier alpha value is -1.56. The summed E-state index contributed by atoms with van der Waals surface area (Å²) in [5.41, 5.74) is 1.56. The van der Waals surface area contributed by atoms with Crippen LogP contribution in [0.5, 0.6) is 0 Å². The molecule has 6 heteroatoms. The summed E-state index contributed by atoms with van der Waals surface area (Å²) in [5, 5.41) is 7.73. The number of rotatable bonds is 4. The van der Waals surface area contributed by atoms with Crippen LogP contribution in [-0.4, -0.2) is 60.0 Å². The van der Waals surface area contributed by atoms with Crippen molar-refractivity contribution in [2.24, 2.45) is 17.5 Å². The summed E-state index contributed by atoms with van der Waals surface area (Å²) in [5.74, 6) is 1.60. The van der Waals surface area contributed by atoms with Gasteiger partial charge in [-0.3, -0.25) is 9.67 Å². The van der Waals surface area contributed by atoms with Crippen LogP contribution in [0, 0.1) is 5.41 Å². The quantitative estimate of drug-likeness (QED) is 0.671. The Balaban J connectivity index is 1.63. The topological polar surface area (TPSA) is 54.7 Å². The maximum absolute atomic E-state index is 5.32. The first-order chi connectivity index (χ1) is 10.6. The van der Waals surface area contributed by atoms with Gasteiger partial charge >= 0.3 is 0 Å². The minimum atomic E-state index is 0.225. The molecule has 1 aromatic rings. The van der Waals surface area contributed by atoms with Crippen molar-refractivity contribution in [3.63, 3.8) is 0 Å². The Morgan fingerprint density at radius 3 is 2.95 bits per heavy atom. The first-order valence-corrected chi connectivity index (χ1v) is 8.19. The van der Waals surface area contributed by atoms with E-state index in [1.54, 1.807) is 0 Å². The lowest BCUT2D eigenvalue weighted by atomic mass is 9.89. The minimum absolute atomic E-state index is 0.225. The number of aryl methyl sites for hydroxylation is 1. The Bertz CT molecular complexity index is 534. The van der Waals surface area contributed by atoms with Crippen LogP contribution in [0.25, 0.3) is 0 Å². The van der Waals surface area contributed by atoms with E-state index >= 15 is 0 Å². The van der Waals surface area contributed by atoms with E-state index < -0.39 is 0 Å². The van der Waals surface area contributed by atoms with Gasteiger partial charge in [0.1, 0.15) is 0 Å². The van der Waals surface area contributed by atoms with Gasteiger partial charge in [0, 0.05) is 44.2 Å². The van der Waals surface area contributed by atoms with Crippen LogP contribution in [0.15, 0.2) is 17.4 Å². The molecule has 0 aromatic carbocycles. The molecular weight excluding hydrogens is 278 g/mol. The molecule has 0 amide bonds. The van der Waals surface area contributed by atoms with E-state index in [2.05, 4.69) is 35.4 Å². The lowest BCUT2D eigenvalue weighted by Crippen LogP contribution is -2.45. The molecule has 0 aliphatic carbocycles. The van der Waals surface area contributed by atoms with Crippen molar-refractivity contribution in [1.82, 2.24) is 20.0 Å². The van der Waals surface area contributed by atoms with Gasteiger partial charge in [-0.1, -0.05) is 6.92 Å². The Morgan fingerprint density at radius 1 is 1.55 bits per heavy atom. The number of likely N-dealkylation sites (tertiary alicyclic amines) is 1. The number of ether oxygens (including phenoxy) is 1. The number of hydrogen-bond donors (Lipinski definition) is 1. The van der Waals surface area contributed by atoms with Gasteiger partial charge in [0.2, 0.25) is 0 Å². The van der Waals surface area contributed by atoms with Gasteiger partial charge in [-0.05, 0) is 18.9 Å². The Morgan fingerprint density at radius 2 is 2.36 bits per heavy atom. The zero-order valence-corrected chi connectivity index (χ0v) is 13.9. The van der Waals surface area contributed by atoms with Crippen LogP contribution in [0.1, 0.15) is 31.7 Å². The molecule has 22 heavy (non-hydrogen) atoms. The number of aliphatic imine (C=N–C) groups is 1. The second-order valence-electron chi connectivity index (χ2n) is 6.85. The normalized spacial score (nSPS) is 24.4. The van der Waals surface area contributed by atoms with Gasteiger partial charge in [0.25, 0.3) is 0 Å². The standard InChI is InChI=1S/C16H27N5O/c1-4-17-15(18-10-16(2)11-22-12-16)21-6-5-13(9-21)14-7-19-20(3)8-14/h7-8,13H,4-6,9-12H2,1-3H3,(H,17,18). The minimum Gasteiger partial charge on any atom is -0.380 e. The van der Waals surface area contributed by atoms with Crippen LogP contribution in [-0.2, 0) is 11.8 Å². The van der Waals surface area contributed by atoms with Crippen LogP contribution in [0.2, 0.25) is 0 Å². The summed E-state index contributed by atoms with van der Waals surface area (Å²) in [6.07, 6.45) is 5.28. The summed E-state index contributed by atoms with van der Waals surface area (Å²) >= 11 is 0. The summed E-state index contributed by atoms with van der Waals surface area (Å²) < 4.78 is 7.20. The molecule has 1 N–H and O–H groups in total.